The summed E-state index contributed by atoms with van der Waals surface area (Å²) in [6.45, 7) is 6.89. The van der Waals surface area contributed by atoms with E-state index in [1.165, 1.54) is 25.7 Å². The summed E-state index contributed by atoms with van der Waals surface area (Å²) in [5.74, 6) is 2.81. The first kappa shape index (κ1) is 17.0. The van der Waals surface area contributed by atoms with Crippen LogP contribution in [-0.4, -0.2) is 53.5 Å². The van der Waals surface area contributed by atoms with E-state index in [2.05, 4.69) is 27.1 Å². The van der Waals surface area contributed by atoms with Crippen LogP contribution in [0.2, 0.25) is 0 Å². The van der Waals surface area contributed by atoms with Crippen LogP contribution in [0.1, 0.15) is 45.4 Å². The van der Waals surface area contributed by atoms with Gasteiger partial charge in [-0.2, -0.15) is 0 Å². The van der Waals surface area contributed by atoms with Crippen LogP contribution in [0.15, 0.2) is 12.4 Å². The highest BCUT2D eigenvalue weighted by Crippen LogP contribution is 2.26. The van der Waals surface area contributed by atoms with Crippen LogP contribution in [0, 0.1) is 5.92 Å². The SMILES string of the molecule is CCNc1cc(N2CCCC(CCC(=O)N3CCCC3)C2)ncn1. The number of amides is 1. The topological polar surface area (TPSA) is 61.4 Å². The van der Waals surface area contributed by atoms with Gasteiger partial charge >= 0.3 is 0 Å². The zero-order valence-electron chi connectivity index (χ0n) is 14.7. The molecule has 0 spiro atoms. The summed E-state index contributed by atoms with van der Waals surface area (Å²) < 4.78 is 0. The monoisotopic (exact) mass is 331 g/mol. The summed E-state index contributed by atoms with van der Waals surface area (Å²) in [4.78, 5) is 25.3. The third-order valence-corrected chi connectivity index (χ3v) is 5.08. The lowest BCUT2D eigenvalue weighted by molar-refractivity contribution is -0.130. The van der Waals surface area contributed by atoms with Crippen LogP contribution in [0.5, 0.6) is 0 Å². The van der Waals surface area contributed by atoms with Gasteiger partial charge in [-0.1, -0.05) is 0 Å². The minimum atomic E-state index is 0.348. The Morgan fingerprint density at radius 3 is 2.88 bits per heavy atom. The lowest BCUT2D eigenvalue weighted by atomic mass is 9.93. The molecule has 3 rings (SSSR count). The Labute approximate surface area is 144 Å². The molecule has 0 saturated carbocycles. The second kappa shape index (κ2) is 8.31. The summed E-state index contributed by atoms with van der Waals surface area (Å²) in [7, 11) is 0. The zero-order valence-corrected chi connectivity index (χ0v) is 14.7. The van der Waals surface area contributed by atoms with Gasteiger partial charge in [-0.05, 0) is 44.9 Å². The fourth-order valence-electron chi connectivity index (χ4n) is 3.76. The molecule has 2 aliphatic heterocycles. The largest absolute Gasteiger partial charge is 0.370 e. The molecule has 24 heavy (non-hydrogen) atoms. The molecule has 132 valence electrons. The van der Waals surface area contributed by atoms with Crippen molar-refractivity contribution in [3.63, 3.8) is 0 Å². The van der Waals surface area contributed by atoms with E-state index in [9.17, 15) is 4.79 Å². The van der Waals surface area contributed by atoms with Gasteiger partial charge in [0.15, 0.2) is 0 Å². The Bertz CT molecular complexity index is 544. The molecule has 6 nitrogen and oxygen atoms in total. The molecule has 1 atom stereocenters. The molecule has 3 heterocycles. The van der Waals surface area contributed by atoms with E-state index >= 15 is 0 Å². The van der Waals surface area contributed by atoms with Gasteiger partial charge in [-0.3, -0.25) is 4.79 Å². The number of hydrogen-bond acceptors (Lipinski definition) is 5. The van der Waals surface area contributed by atoms with E-state index in [4.69, 9.17) is 0 Å². The Kier molecular flexibility index (Phi) is 5.88. The Morgan fingerprint density at radius 2 is 2.08 bits per heavy atom. The van der Waals surface area contributed by atoms with Crippen LogP contribution < -0.4 is 10.2 Å². The molecule has 0 aliphatic carbocycles. The van der Waals surface area contributed by atoms with E-state index in [0.29, 0.717) is 18.2 Å². The summed E-state index contributed by atoms with van der Waals surface area (Å²) in [5.41, 5.74) is 0. The number of carbonyl (C=O) groups excluding carboxylic acids is 1. The summed E-state index contributed by atoms with van der Waals surface area (Å²) >= 11 is 0. The molecule has 2 aliphatic rings. The van der Waals surface area contributed by atoms with Gasteiger partial charge in [0.05, 0.1) is 0 Å². The first-order valence-electron chi connectivity index (χ1n) is 9.35. The molecule has 1 aromatic rings. The number of anilines is 2. The number of rotatable bonds is 6. The lowest BCUT2D eigenvalue weighted by Gasteiger charge is -2.33. The zero-order chi connectivity index (χ0) is 16.8. The second-order valence-electron chi connectivity index (χ2n) is 6.87. The quantitative estimate of drug-likeness (QED) is 0.868. The van der Waals surface area contributed by atoms with Crippen molar-refractivity contribution < 1.29 is 4.79 Å². The van der Waals surface area contributed by atoms with Crippen LogP contribution in [0.3, 0.4) is 0 Å². The molecule has 1 aromatic heterocycles. The van der Waals surface area contributed by atoms with Gasteiger partial charge < -0.3 is 15.1 Å². The van der Waals surface area contributed by atoms with Crippen molar-refractivity contribution in [1.82, 2.24) is 14.9 Å². The molecule has 6 heteroatoms. The number of aromatic nitrogens is 2. The Morgan fingerprint density at radius 1 is 1.25 bits per heavy atom. The van der Waals surface area contributed by atoms with Gasteiger partial charge in [0, 0.05) is 45.2 Å². The third kappa shape index (κ3) is 4.36. The first-order valence-corrected chi connectivity index (χ1v) is 9.35. The molecule has 0 aromatic carbocycles. The fraction of sp³-hybridized carbons (Fsp3) is 0.722. The van der Waals surface area contributed by atoms with Crippen molar-refractivity contribution in [3.05, 3.63) is 12.4 Å². The Balaban J connectivity index is 1.52. The highest BCUT2D eigenvalue weighted by Gasteiger charge is 2.24. The van der Waals surface area contributed by atoms with Crippen LogP contribution in [0.25, 0.3) is 0 Å². The molecular weight excluding hydrogens is 302 g/mol. The van der Waals surface area contributed by atoms with E-state index in [0.717, 1.165) is 50.8 Å². The first-order chi connectivity index (χ1) is 11.8. The van der Waals surface area contributed by atoms with Crippen molar-refractivity contribution in [3.8, 4) is 0 Å². The van der Waals surface area contributed by atoms with Gasteiger partial charge in [0.25, 0.3) is 0 Å². The number of likely N-dealkylation sites (tertiary alicyclic amines) is 1. The number of piperidine rings is 1. The predicted molar refractivity (Wildman–Crippen MR) is 96.2 cm³/mol. The molecule has 1 N–H and O–H groups in total. The van der Waals surface area contributed by atoms with Gasteiger partial charge in [0.1, 0.15) is 18.0 Å². The molecule has 1 unspecified atom stereocenters. The van der Waals surface area contributed by atoms with Gasteiger partial charge in [0.2, 0.25) is 5.91 Å². The minimum Gasteiger partial charge on any atom is -0.370 e. The third-order valence-electron chi connectivity index (χ3n) is 5.08. The van der Waals surface area contributed by atoms with Crippen LogP contribution in [0.4, 0.5) is 11.6 Å². The molecular formula is C18H29N5O. The molecule has 1 amide bonds. The summed E-state index contributed by atoms with van der Waals surface area (Å²) in [5, 5.41) is 3.24. The van der Waals surface area contributed by atoms with Crippen molar-refractivity contribution in [2.24, 2.45) is 5.92 Å². The van der Waals surface area contributed by atoms with Crippen LogP contribution >= 0.6 is 0 Å². The maximum absolute atomic E-state index is 12.2. The van der Waals surface area contributed by atoms with Gasteiger partial charge in [-0.25, -0.2) is 9.97 Å². The highest BCUT2D eigenvalue weighted by molar-refractivity contribution is 5.76. The van der Waals surface area contributed by atoms with Gasteiger partial charge in [-0.15, -0.1) is 0 Å². The van der Waals surface area contributed by atoms with E-state index in [1.54, 1.807) is 6.33 Å². The molecule has 2 saturated heterocycles. The normalized spacial score (nSPS) is 21.1. The molecule has 0 radical (unpaired) electrons. The molecule has 2 fully saturated rings. The van der Waals surface area contributed by atoms with Crippen molar-refractivity contribution >= 4 is 17.5 Å². The maximum Gasteiger partial charge on any atom is 0.222 e. The van der Waals surface area contributed by atoms with Crippen molar-refractivity contribution in [2.45, 2.75) is 45.4 Å². The lowest BCUT2D eigenvalue weighted by Crippen LogP contribution is -2.37. The fourth-order valence-corrected chi connectivity index (χ4v) is 3.76. The smallest absolute Gasteiger partial charge is 0.222 e. The average Bonchev–Trinajstić information content (AvgIpc) is 3.15. The van der Waals surface area contributed by atoms with Crippen molar-refractivity contribution in [2.75, 3.05) is 42.9 Å². The number of hydrogen-bond donors (Lipinski definition) is 1. The second-order valence-corrected chi connectivity index (χ2v) is 6.87. The number of nitrogens with zero attached hydrogens (tertiary/aromatic N) is 4. The number of nitrogens with one attached hydrogen (secondary N) is 1. The van der Waals surface area contributed by atoms with Crippen LogP contribution in [-0.2, 0) is 4.79 Å². The van der Waals surface area contributed by atoms with Crippen molar-refractivity contribution in [1.29, 1.82) is 0 Å². The highest BCUT2D eigenvalue weighted by atomic mass is 16.2. The Hall–Kier alpha value is -1.85. The number of carbonyl (C=O) groups is 1. The van der Waals surface area contributed by atoms with E-state index in [1.807, 2.05) is 11.0 Å². The average molecular weight is 331 g/mol. The maximum atomic E-state index is 12.2. The minimum absolute atomic E-state index is 0.348. The summed E-state index contributed by atoms with van der Waals surface area (Å²) in [6, 6.07) is 2.03. The summed E-state index contributed by atoms with van der Waals surface area (Å²) in [6.07, 6.45) is 8.06. The van der Waals surface area contributed by atoms with E-state index < -0.39 is 0 Å². The predicted octanol–water partition coefficient (Wildman–Crippen LogP) is 2.53. The van der Waals surface area contributed by atoms with E-state index in [-0.39, 0.29) is 0 Å². The molecule has 0 bridgehead atoms. The standard InChI is InChI=1S/C18H29N5O/c1-2-19-16-12-17(21-14-20-16)23-11-5-6-15(13-23)7-8-18(24)22-9-3-4-10-22/h12,14-15H,2-11,13H2,1H3,(H,19,20,21).